The highest BCUT2D eigenvalue weighted by molar-refractivity contribution is 7.89. The highest BCUT2D eigenvalue weighted by Gasteiger charge is 2.37. The largest absolute Gasteiger partial charge is 0.419 e. The number of hydrogen-bond donors (Lipinski definition) is 1. The predicted octanol–water partition coefficient (Wildman–Crippen LogP) is 2.61. The minimum Gasteiger partial charge on any atom is -0.315 e. The molecule has 4 nitrogen and oxygen atoms in total. The van der Waals surface area contributed by atoms with Crippen molar-refractivity contribution in [2.75, 3.05) is 19.6 Å². The molecule has 23 heavy (non-hydrogen) atoms. The molecule has 1 aliphatic rings. The summed E-state index contributed by atoms with van der Waals surface area (Å²) < 4.78 is 78.4. The second kappa shape index (κ2) is 6.74. The zero-order valence-corrected chi connectivity index (χ0v) is 13.3. The highest BCUT2D eigenvalue weighted by Crippen LogP contribution is 2.33. The number of sulfonamides is 1. The Morgan fingerprint density at radius 2 is 2.04 bits per heavy atom. The van der Waals surface area contributed by atoms with Crippen molar-refractivity contribution in [1.29, 1.82) is 0 Å². The van der Waals surface area contributed by atoms with Crippen molar-refractivity contribution in [3.05, 3.63) is 29.6 Å². The smallest absolute Gasteiger partial charge is 0.315 e. The Balaban J connectivity index is 2.45. The van der Waals surface area contributed by atoms with Gasteiger partial charge in [0, 0.05) is 19.1 Å². The first-order valence-corrected chi connectivity index (χ1v) is 8.71. The van der Waals surface area contributed by atoms with Gasteiger partial charge in [-0.25, -0.2) is 12.8 Å². The third-order valence-corrected chi connectivity index (χ3v) is 5.68. The third-order valence-electron chi connectivity index (χ3n) is 3.74. The van der Waals surface area contributed by atoms with Crippen molar-refractivity contribution >= 4 is 10.0 Å². The molecule has 1 aromatic carbocycles. The third kappa shape index (κ3) is 3.84. The minimum absolute atomic E-state index is 0.202. The highest BCUT2D eigenvalue weighted by atomic mass is 32.2. The fraction of sp³-hybridized carbons (Fsp3) is 0.571. The van der Waals surface area contributed by atoms with E-state index in [-0.39, 0.29) is 12.6 Å². The molecule has 1 N–H and O–H groups in total. The summed E-state index contributed by atoms with van der Waals surface area (Å²) in [5, 5.41) is 3.03. The van der Waals surface area contributed by atoms with E-state index in [1.54, 1.807) is 6.92 Å². The van der Waals surface area contributed by atoms with Crippen LogP contribution >= 0.6 is 0 Å². The van der Waals surface area contributed by atoms with E-state index in [9.17, 15) is 26.0 Å². The second-order valence-electron chi connectivity index (χ2n) is 5.40. The zero-order valence-electron chi connectivity index (χ0n) is 12.5. The van der Waals surface area contributed by atoms with Crippen LogP contribution in [-0.2, 0) is 16.2 Å². The van der Waals surface area contributed by atoms with Gasteiger partial charge in [0.2, 0.25) is 10.0 Å². The van der Waals surface area contributed by atoms with Crippen LogP contribution in [0.1, 0.15) is 25.3 Å². The maximum Gasteiger partial charge on any atom is 0.419 e. The number of alkyl halides is 3. The zero-order chi connectivity index (χ0) is 17.3. The van der Waals surface area contributed by atoms with Gasteiger partial charge in [-0.2, -0.15) is 17.5 Å². The molecule has 0 radical (unpaired) electrons. The molecule has 130 valence electrons. The van der Waals surface area contributed by atoms with E-state index in [1.807, 2.05) is 0 Å². The van der Waals surface area contributed by atoms with Crippen LogP contribution in [0.2, 0.25) is 0 Å². The Kier molecular flexibility index (Phi) is 5.32. The summed E-state index contributed by atoms with van der Waals surface area (Å²) in [5.74, 6) is -1.49. The number of hydrogen-bond acceptors (Lipinski definition) is 3. The number of halogens is 4. The molecule has 1 aliphatic heterocycles. The molecule has 1 saturated heterocycles. The molecule has 0 aliphatic carbocycles. The standard InChI is InChI=1S/C14H18F4N2O2S/c1-2-7-20(10-5-6-19-9-10)23(21,22)11-3-4-13(15)12(8-11)14(16,17)18/h3-4,8,10,19H,2,5-7,9H2,1H3. The molecule has 1 aromatic rings. The lowest BCUT2D eigenvalue weighted by atomic mass is 10.2. The van der Waals surface area contributed by atoms with Crippen LogP contribution in [0.4, 0.5) is 17.6 Å². The van der Waals surface area contributed by atoms with E-state index in [2.05, 4.69) is 5.32 Å². The maximum absolute atomic E-state index is 13.4. The van der Waals surface area contributed by atoms with Crippen LogP contribution in [0.15, 0.2) is 23.1 Å². The second-order valence-corrected chi connectivity index (χ2v) is 7.29. The van der Waals surface area contributed by atoms with Gasteiger partial charge in [0.1, 0.15) is 5.82 Å². The molecule has 0 amide bonds. The van der Waals surface area contributed by atoms with Crippen LogP contribution in [0.5, 0.6) is 0 Å². The Morgan fingerprint density at radius 3 is 2.57 bits per heavy atom. The van der Waals surface area contributed by atoms with Crippen molar-refractivity contribution in [2.24, 2.45) is 0 Å². The molecular weight excluding hydrogens is 336 g/mol. The van der Waals surface area contributed by atoms with Gasteiger partial charge in [0.15, 0.2) is 0 Å². The van der Waals surface area contributed by atoms with Crippen LogP contribution in [0, 0.1) is 5.82 Å². The first-order chi connectivity index (χ1) is 10.7. The average molecular weight is 354 g/mol. The quantitative estimate of drug-likeness (QED) is 0.827. The number of nitrogens with one attached hydrogen (secondary N) is 1. The van der Waals surface area contributed by atoms with E-state index < -0.39 is 32.5 Å². The van der Waals surface area contributed by atoms with E-state index in [1.165, 1.54) is 4.31 Å². The molecule has 1 atom stereocenters. The van der Waals surface area contributed by atoms with Gasteiger partial charge in [-0.15, -0.1) is 0 Å². The Morgan fingerprint density at radius 1 is 1.35 bits per heavy atom. The summed E-state index contributed by atoms with van der Waals surface area (Å²) in [6.07, 6.45) is -3.82. The molecule has 2 rings (SSSR count). The Bertz CT molecular complexity index is 655. The van der Waals surface area contributed by atoms with Crippen molar-refractivity contribution in [3.63, 3.8) is 0 Å². The van der Waals surface area contributed by atoms with E-state index >= 15 is 0 Å². The molecule has 0 bridgehead atoms. The van der Waals surface area contributed by atoms with Crippen LogP contribution in [0.3, 0.4) is 0 Å². The number of rotatable bonds is 5. The summed E-state index contributed by atoms with van der Waals surface area (Å²) in [6, 6.07) is 1.49. The lowest BCUT2D eigenvalue weighted by Crippen LogP contribution is -2.42. The van der Waals surface area contributed by atoms with Crippen LogP contribution < -0.4 is 5.32 Å². The summed E-state index contributed by atoms with van der Waals surface area (Å²) in [7, 11) is -4.12. The van der Waals surface area contributed by atoms with Gasteiger partial charge < -0.3 is 5.32 Å². The summed E-state index contributed by atoms with van der Waals surface area (Å²) in [4.78, 5) is -0.536. The van der Waals surface area contributed by atoms with Crippen LogP contribution in [-0.4, -0.2) is 38.4 Å². The fourth-order valence-corrected chi connectivity index (χ4v) is 4.40. The molecule has 1 unspecified atom stereocenters. The van der Waals surface area contributed by atoms with E-state index in [0.29, 0.717) is 38.1 Å². The van der Waals surface area contributed by atoms with Gasteiger partial charge in [-0.1, -0.05) is 6.92 Å². The van der Waals surface area contributed by atoms with Gasteiger partial charge >= 0.3 is 6.18 Å². The van der Waals surface area contributed by atoms with Crippen LogP contribution in [0.25, 0.3) is 0 Å². The van der Waals surface area contributed by atoms with Crippen molar-refractivity contribution in [3.8, 4) is 0 Å². The summed E-state index contributed by atoms with van der Waals surface area (Å²) in [5.41, 5.74) is -1.57. The summed E-state index contributed by atoms with van der Waals surface area (Å²) >= 11 is 0. The maximum atomic E-state index is 13.4. The van der Waals surface area contributed by atoms with Gasteiger partial charge in [-0.3, -0.25) is 0 Å². The average Bonchev–Trinajstić information content (AvgIpc) is 2.97. The molecule has 0 aromatic heterocycles. The fourth-order valence-electron chi connectivity index (χ4n) is 2.62. The van der Waals surface area contributed by atoms with Crippen molar-refractivity contribution < 1.29 is 26.0 Å². The first-order valence-electron chi connectivity index (χ1n) is 7.27. The normalized spacial score (nSPS) is 19.5. The van der Waals surface area contributed by atoms with Crippen molar-refractivity contribution in [1.82, 2.24) is 9.62 Å². The first kappa shape index (κ1) is 18.2. The molecular formula is C14H18F4N2O2S. The molecule has 9 heteroatoms. The van der Waals surface area contributed by atoms with E-state index in [4.69, 9.17) is 0 Å². The molecule has 0 saturated carbocycles. The lowest BCUT2D eigenvalue weighted by molar-refractivity contribution is -0.140. The molecule has 1 fully saturated rings. The Hall–Kier alpha value is -1.19. The van der Waals surface area contributed by atoms with E-state index in [0.717, 1.165) is 6.07 Å². The Labute approximate surface area is 132 Å². The van der Waals surface area contributed by atoms with Gasteiger partial charge in [0.05, 0.1) is 10.5 Å². The monoisotopic (exact) mass is 354 g/mol. The topological polar surface area (TPSA) is 49.4 Å². The lowest BCUT2D eigenvalue weighted by Gasteiger charge is -2.27. The predicted molar refractivity (Wildman–Crippen MR) is 76.9 cm³/mol. The summed E-state index contributed by atoms with van der Waals surface area (Å²) in [6.45, 7) is 3.09. The minimum atomic E-state index is -4.94. The van der Waals surface area contributed by atoms with Gasteiger partial charge in [0.25, 0.3) is 0 Å². The van der Waals surface area contributed by atoms with Crippen molar-refractivity contribution in [2.45, 2.75) is 36.9 Å². The molecule has 0 spiro atoms. The molecule has 1 heterocycles. The number of nitrogens with zero attached hydrogens (tertiary/aromatic N) is 1. The van der Waals surface area contributed by atoms with Gasteiger partial charge in [-0.05, 0) is 37.6 Å². The number of benzene rings is 1. The SMILES string of the molecule is CCCN(C1CCNC1)S(=O)(=O)c1ccc(F)c(C(F)(F)F)c1.